The maximum atomic E-state index is 13.3. The predicted octanol–water partition coefficient (Wildman–Crippen LogP) is 6.40. The van der Waals surface area contributed by atoms with E-state index < -0.39 is 0 Å². The molecular formula is C30H33ClN4O2. The Morgan fingerprint density at radius 3 is 2.73 bits per heavy atom. The van der Waals surface area contributed by atoms with Crippen LogP contribution in [-0.2, 0) is 4.79 Å². The van der Waals surface area contributed by atoms with Crippen LogP contribution in [0.4, 0.5) is 0 Å². The Morgan fingerprint density at radius 2 is 1.89 bits per heavy atom. The molecule has 7 heteroatoms. The largest absolute Gasteiger partial charge is 0.493 e. The maximum Gasteiger partial charge on any atom is 0.149 e. The van der Waals surface area contributed by atoms with Gasteiger partial charge in [0.05, 0.1) is 24.9 Å². The fraction of sp³-hybridized carbons (Fsp3) is 0.433. The molecule has 1 saturated heterocycles. The molecule has 1 aromatic carbocycles. The van der Waals surface area contributed by atoms with E-state index in [0.29, 0.717) is 35.8 Å². The average molecular weight is 517 g/mol. The van der Waals surface area contributed by atoms with E-state index in [1.165, 1.54) is 10.9 Å². The summed E-state index contributed by atoms with van der Waals surface area (Å²) in [5.74, 6) is 2.34. The second-order valence-electron chi connectivity index (χ2n) is 10.7. The van der Waals surface area contributed by atoms with Gasteiger partial charge in [-0.05, 0) is 92.9 Å². The topological polar surface area (TPSA) is 71.1 Å². The zero-order valence-corrected chi connectivity index (χ0v) is 21.8. The van der Waals surface area contributed by atoms with Crippen molar-refractivity contribution in [1.29, 1.82) is 0 Å². The van der Waals surface area contributed by atoms with Crippen LogP contribution in [0.5, 0.6) is 5.75 Å². The van der Waals surface area contributed by atoms with Gasteiger partial charge in [-0.15, -0.1) is 0 Å². The van der Waals surface area contributed by atoms with Crippen LogP contribution >= 0.6 is 11.6 Å². The van der Waals surface area contributed by atoms with E-state index in [1.54, 1.807) is 0 Å². The summed E-state index contributed by atoms with van der Waals surface area (Å²) in [4.78, 5) is 27.9. The first-order valence-electron chi connectivity index (χ1n) is 13.5. The number of halogens is 1. The number of hydrogen-bond acceptors (Lipinski definition) is 5. The molecular weight excluding hydrogens is 484 g/mol. The molecule has 192 valence electrons. The molecule has 2 aliphatic rings. The fourth-order valence-corrected chi connectivity index (χ4v) is 6.40. The number of aromatic amines is 1. The van der Waals surface area contributed by atoms with Crippen LogP contribution in [0.1, 0.15) is 50.0 Å². The lowest BCUT2D eigenvalue weighted by molar-refractivity contribution is -0.125. The number of hydrogen-bond donors (Lipinski definition) is 1. The molecule has 1 N–H and O–H groups in total. The Balaban J connectivity index is 1.04. The third kappa shape index (κ3) is 5.36. The summed E-state index contributed by atoms with van der Waals surface area (Å²) in [5.41, 5.74) is 3.20. The van der Waals surface area contributed by atoms with Gasteiger partial charge < -0.3 is 9.72 Å². The lowest BCUT2D eigenvalue weighted by Crippen LogP contribution is -2.42. The summed E-state index contributed by atoms with van der Waals surface area (Å²) in [5, 5.41) is 3.07. The van der Waals surface area contributed by atoms with Crippen LogP contribution in [0.25, 0.3) is 21.9 Å². The number of piperidine rings is 1. The van der Waals surface area contributed by atoms with Crippen molar-refractivity contribution in [1.82, 2.24) is 19.9 Å². The van der Waals surface area contributed by atoms with Crippen LogP contribution in [0.15, 0.2) is 55.0 Å². The number of rotatable bonds is 7. The first-order valence-corrected chi connectivity index (χ1v) is 13.9. The van der Waals surface area contributed by atoms with Crippen molar-refractivity contribution in [2.45, 2.75) is 44.4 Å². The Bertz CT molecular complexity index is 1380. The number of aromatic nitrogens is 3. The zero-order valence-electron chi connectivity index (χ0n) is 21.0. The van der Waals surface area contributed by atoms with E-state index in [1.807, 2.05) is 42.9 Å². The van der Waals surface area contributed by atoms with Crippen molar-refractivity contribution in [3.63, 3.8) is 0 Å². The lowest BCUT2D eigenvalue weighted by atomic mass is 9.76. The molecule has 6 nitrogen and oxygen atoms in total. The van der Waals surface area contributed by atoms with Gasteiger partial charge in [0.15, 0.2) is 0 Å². The number of H-pyrrole nitrogens is 1. The highest BCUT2D eigenvalue weighted by Gasteiger charge is 2.30. The van der Waals surface area contributed by atoms with Crippen molar-refractivity contribution in [2.24, 2.45) is 11.8 Å². The normalized spacial score (nSPS) is 22.9. The second-order valence-corrected chi connectivity index (χ2v) is 11.1. The third-order valence-corrected chi connectivity index (χ3v) is 8.48. The summed E-state index contributed by atoms with van der Waals surface area (Å²) in [6.45, 7) is 3.18. The number of likely N-dealkylation sites (tertiary alicyclic amines) is 1. The minimum atomic E-state index is 0.170. The third-order valence-electron chi connectivity index (χ3n) is 8.23. The van der Waals surface area contributed by atoms with Crippen LogP contribution in [0, 0.1) is 11.8 Å². The molecule has 0 bridgehead atoms. The summed E-state index contributed by atoms with van der Waals surface area (Å²) in [7, 11) is 0. The summed E-state index contributed by atoms with van der Waals surface area (Å²) in [6.07, 6.45) is 12.0. The second kappa shape index (κ2) is 10.8. The molecule has 1 saturated carbocycles. The van der Waals surface area contributed by atoms with E-state index in [0.717, 1.165) is 73.9 Å². The van der Waals surface area contributed by atoms with Gasteiger partial charge >= 0.3 is 0 Å². The quantitative estimate of drug-likeness (QED) is 0.308. The number of carbonyl (C=O) groups is 1. The molecule has 1 aliphatic carbocycles. The van der Waals surface area contributed by atoms with Crippen LogP contribution in [0.2, 0.25) is 5.02 Å². The standard InChI is InChI=1S/C30H33ClN4O2/c31-23-7-9-24(10-8-23)37-19-20-2-1-15-35(17-20)18-28(36)22-5-3-21(4-6-22)25-11-13-32-27-16-34-30-26(29(25)27)12-14-33-30/h7-14,16,20-22H,1-6,15,17-19H2,(H,33,34). The van der Waals surface area contributed by atoms with Crippen molar-refractivity contribution in [3.8, 4) is 5.75 Å². The molecule has 4 heterocycles. The predicted molar refractivity (Wildman–Crippen MR) is 147 cm³/mol. The van der Waals surface area contributed by atoms with E-state index >= 15 is 0 Å². The molecule has 4 aromatic rings. The zero-order chi connectivity index (χ0) is 25.2. The molecule has 6 rings (SSSR count). The van der Waals surface area contributed by atoms with Gasteiger partial charge in [-0.1, -0.05) is 11.6 Å². The molecule has 1 aliphatic heterocycles. The average Bonchev–Trinajstić information content (AvgIpc) is 3.42. The van der Waals surface area contributed by atoms with Crippen LogP contribution in [-0.4, -0.2) is 51.9 Å². The Labute approximate surface area is 222 Å². The highest BCUT2D eigenvalue weighted by molar-refractivity contribution is 6.30. The number of nitrogens with one attached hydrogen (secondary N) is 1. The smallest absolute Gasteiger partial charge is 0.149 e. The number of ether oxygens (including phenoxy) is 1. The highest BCUT2D eigenvalue weighted by atomic mass is 35.5. The van der Waals surface area contributed by atoms with Gasteiger partial charge in [-0.3, -0.25) is 14.7 Å². The van der Waals surface area contributed by atoms with E-state index in [9.17, 15) is 4.79 Å². The summed E-state index contributed by atoms with van der Waals surface area (Å²) < 4.78 is 6.00. The number of nitrogens with zero attached hydrogens (tertiary/aromatic N) is 3. The number of Topliss-reactive ketones (excluding diaryl/α,β-unsaturated/α-hetero) is 1. The minimum Gasteiger partial charge on any atom is -0.493 e. The Morgan fingerprint density at radius 1 is 1.05 bits per heavy atom. The first-order chi connectivity index (χ1) is 18.1. The Hall–Kier alpha value is -2.96. The van der Waals surface area contributed by atoms with E-state index in [-0.39, 0.29) is 5.92 Å². The van der Waals surface area contributed by atoms with Gasteiger partial charge in [0.2, 0.25) is 0 Å². The highest BCUT2D eigenvalue weighted by Crippen LogP contribution is 2.40. The molecule has 0 radical (unpaired) electrons. The number of benzene rings is 1. The molecule has 37 heavy (non-hydrogen) atoms. The van der Waals surface area contributed by atoms with Crippen molar-refractivity contribution < 1.29 is 9.53 Å². The van der Waals surface area contributed by atoms with Crippen LogP contribution in [0.3, 0.4) is 0 Å². The van der Waals surface area contributed by atoms with Crippen molar-refractivity contribution in [3.05, 3.63) is 65.6 Å². The molecule has 2 fully saturated rings. The SMILES string of the molecule is O=C(CN1CCCC(COc2ccc(Cl)cc2)C1)C1CCC(c2ccnc3cnc4[nH]ccc4c23)CC1. The van der Waals surface area contributed by atoms with Gasteiger partial charge in [0.1, 0.15) is 17.2 Å². The molecule has 0 amide bonds. The first kappa shape index (κ1) is 24.4. The maximum absolute atomic E-state index is 13.3. The Kier molecular flexibility index (Phi) is 7.12. The van der Waals surface area contributed by atoms with Gasteiger partial charge in [-0.25, -0.2) is 4.98 Å². The number of fused-ring (bicyclic) bond motifs is 3. The fourth-order valence-electron chi connectivity index (χ4n) is 6.27. The van der Waals surface area contributed by atoms with Gasteiger partial charge in [-0.2, -0.15) is 0 Å². The van der Waals surface area contributed by atoms with Crippen LogP contribution < -0.4 is 4.74 Å². The summed E-state index contributed by atoms with van der Waals surface area (Å²) >= 11 is 5.97. The van der Waals surface area contributed by atoms with E-state index in [4.69, 9.17) is 16.3 Å². The van der Waals surface area contributed by atoms with Gasteiger partial charge in [0, 0.05) is 46.6 Å². The number of carbonyl (C=O) groups excluding carboxylic acids is 1. The monoisotopic (exact) mass is 516 g/mol. The number of ketones is 1. The lowest BCUT2D eigenvalue weighted by Gasteiger charge is -2.34. The molecule has 0 spiro atoms. The number of pyridine rings is 2. The minimum absolute atomic E-state index is 0.170. The molecule has 1 atom stereocenters. The van der Waals surface area contributed by atoms with E-state index in [2.05, 4.69) is 32.0 Å². The molecule has 1 unspecified atom stereocenters. The molecule has 3 aromatic heterocycles. The summed E-state index contributed by atoms with van der Waals surface area (Å²) in [6, 6.07) is 11.8. The van der Waals surface area contributed by atoms with Crippen molar-refractivity contribution in [2.75, 3.05) is 26.2 Å². The van der Waals surface area contributed by atoms with Gasteiger partial charge in [0.25, 0.3) is 0 Å². The van der Waals surface area contributed by atoms with Crippen molar-refractivity contribution >= 4 is 39.3 Å².